The van der Waals surface area contributed by atoms with Crippen LogP contribution in [0.5, 0.6) is 0 Å². The second-order valence-electron chi connectivity index (χ2n) is 8.08. The third-order valence-corrected chi connectivity index (χ3v) is 5.77. The first kappa shape index (κ1) is 17.2. The number of rotatable bonds is 2. The Bertz CT molecular complexity index is 950. The lowest BCUT2D eigenvalue weighted by molar-refractivity contribution is -0.123. The fourth-order valence-corrected chi connectivity index (χ4v) is 4.25. The van der Waals surface area contributed by atoms with Gasteiger partial charge in [-0.05, 0) is 55.9 Å². The maximum Gasteiger partial charge on any atom is 0.230 e. The van der Waals surface area contributed by atoms with Crippen molar-refractivity contribution in [2.45, 2.75) is 53.4 Å². The van der Waals surface area contributed by atoms with Gasteiger partial charge in [-0.2, -0.15) is 9.78 Å². The van der Waals surface area contributed by atoms with E-state index in [1.807, 2.05) is 33.8 Å². The smallest absolute Gasteiger partial charge is 0.230 e. The maximum atomic E-state index is 12.4. The van der Waals surface area contributed by atoms with Crippen LogP contribution in [-0.2, 0) is 17.6 Å². The average molecular weight is 369 g/mol. The number of thiazole rings is 1. The van der Waals surface area contributed by atoms with Gasteiger partial charge in [0.2, 0.25) is 11.0 Å². The molecular weight excluding hydrogens is 344 g/mol. The second-order valence-corrected chi connectivity index (χ2v) is 9.09. The summed E-state index contributed by atoms with van der Waals surface area (Å²) in [6.07, 6.45) is 4.83. The van der Waals surface area contributed by atoms with Crippen molar-refractivity contribution < 1.29 is 4.79 Å². The molecule has 0 saturated heterocycles. The van der Waals surface area contributed by atoms with E-state index in [1.165, 1.54) is 28.7 Å². The molecule has 1 N–H and O–H groups in total. The van der Waals surface area contributed by atoms with Crippen LogP contribution in [0.2, 0.25) is 0 Å². The SMILES string of the molecule is Cc1cc(NC(=O)C(C)(C)C)n(-c2nc3cc4c(cc3s2)CCCC4)n1. The zero-order valence-corrected chi connectivity index (χ0v) is 16.5. The van der Waals surface area contributed by atoms with Crippen molar-refractivity contribution in [3.63, 3.8) is 0 Å². The molecule has 0 fully saturated rings. The number of aryl methyl sites for hydroxylation is 3. The van der Waals surface area contributed by atoms with E-state index < -0.39 is 5.41 Å². The van der Waals surface area contributed by atoms with Crippen molar-refractivity contribution in [1.29, 1.82) is 0 Å². The summed E-state index contributed by atoms with van der Waals surface area (Å²) in [4.78, 5) is 17.2. The van der Waals surface area contributed by atoms with E-state index in [9.17, 15) is 4.79 Å². The van der Waals surface area contributed by atoms with Crippen molar-refractivity contribution in [2.24, 2.45) is 5.41 Å². The zero-order chi connectivity index (χ0) is 18.5. The number of amides is 1. The normalized spacial score (nSPS) is 14.5. The first-order chi connectivity index (χ1) is 12.3. The molecule has 0 radical (unpaired) electrons. The Morgan fingerprint density at radius 1 is 1.15 bits per heavy atom. The van der Waals surface area contributed by atoms with Crippen LogP contribution in [0.15, 0.2) is 18.2 Å². The van der Waals surface area contributed by atoms with Crippen LogP contribution >= 0.6 is 11.3 Å². The Morgan fingerprint density at radius 2 is 1.85 bits per heavy atom. The van der Waals surface area contributed by atoms with E-state index in [4.69, 9.17) is 4.98 Å². The molecule has 6 heteroatoms. The van der Waals surface area contributed by atoms with Crippen LogP contribution in [0.1, 0.15) is 50.4 Å². The lowest BCUT2D eigenvalue weighted by Crippen LogP contribution is -2.28. The highest BCUT2D eigenvalue weighted by Gasteiger charge is 2.24. The van der Waals surface area contributed by atoms with Crippen molar-refractivity contribution in [3.05, 3.63) is 35.0 Å². The Kier molecular flexibility index (Phi) is 4.10. The second kappa shape index (κ2) is 6.20. The van der Waals surface area contributed by atoms with Gasteiger partial charge in [0, 0.05) is 11.5 Å². The molecule has 26 heavy (non-hydrogen) atoms. The molecule has 2 aromatic heterocycles. The third-order valence-electron chi connectivity index (χ3n) is 4.78. The van der Waals surface area contributed by atoms with Gasteiger partial charge in [-0.15, -0.1) is 0 Å². The predicted molar refractivity (Wildman–Crippen MR) is 106 cm³/mol. The fourth-order valence-electron chi connectivity index (χ4n) is 3.27. The number of hydrogen-bond donors (Lipinski definition) is 1. The molecule has 2 heterocycles. The minimum atomic E-state index is -0.463. The number of hydrogen-bond acceptors (Lipinski definition) is 4. The molecule has 0 unspecified atom stereocenters. The molecule has 1 aliphatic rings. The van der Waals surface area contributed by atoms with Gasteiger partial charge < -0.3 is 5.32 Å². The number of carbonyl (C=O) groups excluding carboxylic acids is 1. The third kappa shape index (κ3) is 3.14. The van der Waals surface area contributed by atoms with Crippen molar-refractivity contribution >= 4 is 33.3 Å². The minimum absolute atomic E-state index is 0.0322. The van der Waals surface area contributed by atoms with Crippen LogP contribution in [0.25, 0.3) is 15.3 Å². The van der Waals surface area contributed by atoms with Gasteiger partial charge in [0.15, 0.2) is 0 Å². The predicted octanol–water partition coefficient (Wildman–Crippen LogP) is 4.65. The van der Waals surface area contributed by atoms with E-state index in [0.717, 1.165) is 29.2 Å². The van der Waals surface area contributed by atoms with E-state index in [1.54, 1.807) is 16.0 Å². The Hall–Kier alpha value is -2.21. The number of benzene rings is 1. The first-order valence-electron chi connectivity index (χ1n) is 9.12. The van der Waals surface area contributed by atoms with Crippen LogP contribution in [-0.4, -0.2) is 20.7 Å². The molecule has 0 spiro atoms. The largest absolute Gasteiger partial charge is 0.310 e. The Labute approximate surface area is 157 Å². The van der Waals surface area contributed by atoms with Gasteiger partial charge in [-0.1, -0.05) is 32.1 Å². The molecule has 1 aromatic carbocycles. The summed E-state index contributed by atoms with van der Waals surface area (Å²) >= 11 is 1.62. The number of carbonyl (C=O) groups is 1. The number of nitrogens with zero attached hydrogens (tertiary/aromatic N) is 3. The fraction of sp³-hybridized carbons (Fsp3) is 0.450. The van der Waals surface area contributed by atoms with Gasteiger partial charge in [0.25, 0.3) is 0 Å². The van der Waals surface area contributed by atoms with Crippen LogP contribution < -0.4 is 5.32 Å². The summed E-state index contributed by atoms with van der Waals surface area (Å²) in [7, 11) is 0. The van der Waals surface area contributed by atoms with Gasteiger partial charge in [-0.25, -0.2) is 4.98 Å². The number of aromatic nitrogens is 3. The summed E-state index contributed by atoms with van der Waals surface area (Å²) in [5.41, 5.74) is 4.30. The molecule has 0 saturated carbocycles. The molecular formula is C20H24N4OS. The van der Waals surface area contributed by atoms with E-state index in [-0.39, 0.29) is 5.91 Å². The molecule has 136 valence electrons. The summed E-state index contributed by atoms with van der Waals surface area (Å²) in [5, 5.41) is 8.35. The number of nitrogens with one attached hydrogen (secondary N) is 1. The van der Waals surface area contributed by atoms with Crippen LogP contribution in [0.4, 0.5) is 5.82 Å². The highest BCUT2D eigenvalue weighted by Crippen LogP contribution is 2.32. The summed E-state index contributed by atoms with van der Waals surface area (Å²) in [6.45, 7) is 7.63. The lowest BCUT2D eigenvalue weighted by Gasteiger charge is -2.17. The molecule has 4 rings (SSSR count). The van der Waals surface area contributed by atoms with Crippen molar-refractivity contribution in [1.82, 2.24) is 14.8 Å². The van der Waals surface area contributed by atoms with Crippen LogP contribution in [0.3, 0.4) is 0 Å². The Morgan fingerprint density at radius 3 is 2.54 bits per heavy atom. The highest BCUT2D eigenvalue weighted by molar-refractivity contribution is 7.20. The molecule has 0 atom stereocenters. The molecule has 0 aliphatic heterocycles. The highest BCUT2D eigenvalue weighted by atomic mass is 32.1. The molecule has 0 bridgehead atoms. The van der Waals surface area contributed by atoms with Crippen LogP contribution in [0, 0.1) is 12.3 Å². The summed E-state index contributed by atoms with van der Waals surface area (Å²) in [5.74, 6) is 0.640. The minimum Gasteiger partial charge on any atom is -0.310 e. The van der Waals surface area contributed by atoms with Crippen molar-refractivity contribution in [2.75, 3.05) is 5.32 Å². The number of anilines is 1. The first-order valence-corrected chi connectivity index (χ1v) is 9.94. The monoisotopic (exact) mass is 368 g/mol. The summed E-state index contributed by atoms with van der Waals surface area (Å²) < 4.78 is 2.93. The molecule has 1 aliphatic carbocycles. The average Bonchev–Trinajstić information content (AvgIpc) is 3.14. The summed E-state index contributed by atoms with van der Waals surface area (Å²) in [6, 6.07) is 6.41. The van der Waals surface area contributed by atoms with Gasteiger partial charge >= 0.3 is 0 Å². The molecule has 1 amide bonds. The van der Waals surface area contributed by atoms with Crippen molar-refractivity contribution in [3.8, 4) is 5.13 Å². The van der Waals surface area contributed by atoms with E-state index in [2.05, 4.69) is 22.5 Å². The number of fused-ring (bicyclic) bond motifs is 2. The van der Waals surface area contributed by atoms with Gasteiger partial charge in [0.1, 0.15) is 5.82 Å². The van der Waals surface area contributed by atoms with E-state index in [0.29, 0.717) is 5.82 Å². The van der Waals surface area contributed by atoms with Gasteiger partial charge in [0.05, 0.1) is 15.9 Å². The molecule has 5 nitrogen and oxygen atoms in total. The van der Waals surface area contributed by atoms with E-state index >= 15 is 0 Å². The zero-order valence-electron chi connectivity index (χ0n) is 15.7. The Balaban J connectivity index is 1.74. The molecule has 3 aromatic rings. The maximum absolute atomic E-state index is 12.4. The topological polar surface area (TPSA) is 59.8 Å². The lowest BCUT2D eigenvalue weighted by atomic mass is 9.92. The quantitative estimate of drug-likeness (QED) is 0.716. The van der Waals surface area contributed by atoms with Gasteiger partial charge in [-0.3, -0.25) is 4.79 Å². The standard InChI is InChI=1S/C20H24N4OS/c1-12-9-17(22-18(25)20(2,3)4)24(23-12)19-21-15-10-13-7-5-6-8-14(13)11-16(15)26-19/h9-11H,5-8H2,1-4H3,(H,22,25).